The summed E-state index contributed by atoms with van der Waals surface area (Å²) in [4.78, 5) is 16.5. The number of hydrogen-bond acceptors (Lipinski definition) is 6. The van der Waals surface area contributed by atoms with E-state index in [1.54, 1.807) is 36.4 Å². The Labute approximate surface area is 190 Å². The van der Waals surface area contributed by atoms with Crippen molar-refractivity contribution in [1.29, 1.82) is 0 Å². The number of azo groups is 1. The van der Waals surface area contributed by atoms with Gasteiger partial charge in [0.25, 0.3) is 5.91 Å². The Kier molecular flexibility index (Phi) is 5.28. The van der Waals surface area contributed by atoms with Gasteiger partial charge in [0.2, 0.25) is 0 Å². The zero-order valence-electron chi connectivity index (χ0n) is 17.3. The summed E-state index contributed by atoms with van der Waals surface area (Å²) in [5, 5.41) is 15.4. The fraction of sp³-hybridized carbons (Fsp3) is 0.0870. The summed E-state index contributed by atoms with van der Waals surface area (Å²) in [5.74, 6) is -0.377. The zero-order chi connectivity index (χ0) is 23.7. The highest BCUT2D eigenvalue weighted by Crippen LogP contribution is 2.35. The lowest BCUT2D eigenvalue weighted by molar-refractivity contribution is -0.144. The molecule has 3 aromatic heterocycles. The van der Waals surface area contributed by atoms with E-state index in [2.05, 4.69) is 25.6 Å². The topological polar surface area (TPSA) is 97.7 Å². The number of pyridine rings is 1. The lowest BCUT2D eigenvalue weighted by atomic mass is 10.1. The molecule has 1 unspecified atom stereocenters. The van der Waals surface area contributed by atoms with Gasteiger partial charge in [-0.3, -0.25) is 9.78 Å². The van der Waals surface area contributed by atoms with Crippen LogP contribution in [0.4, 0.5) is 13.2 Å². The maximum absolute atomic E-state index is 13.7. The second-order valence-electron chi connectivity index (χ2n) is 7.29. The number of alkyl halides is 3. The van der Waals surface area contributed by atoms with E-state index in [0.29, 0.717) is 16.7 Å². The molecule has 0 saturated heterocycles. The predicted octanol–water partition coefficient (Wildman–Crippen LogP) is 5.50. The van der Waals surface area contributed by atoms with Gasteiger partial charge in [0, 0.05) is 28.9 Å². The molecule has 8 nitrogen and oxygen atoms in total. The van der Waals surface area contributed by atoms with E-state index in [0.717, 1.165) is 16.1 Å². The van der Waals surface area contributed by atoms with Gasteiger partial charge in [0.05, 0.1) is 12.0 Å². The van der Waals surface area contributed by atoms with Crippen LogP contribution in [-0.2, 0) is 6.18 Å². The summed E-state index contributed by atoms with van der Waals surface area (Å²) in [7, 11) is 0. The van der Waals surface area contributed by atoms with Crippen molar-refractivity contribution in [2.24, 2.45) is 10.2 Å². The highest BCUT2D eigenvalue weighted by atomic mass is 19.4. The van der Waals surface area contributed by atoms with E-state index < -0.39 is 23.9 Å². The van der Waals surface area contributed by atoms with Crippen LogP contribution in [0.15, 0.2) is 99.8 Å². The van der Waals surface area contributed by atoms with Crippen molar-refractivity contribution in [3.8, 4) is 11.3 Å². The molecule has 0 saturated carbocycles. The third-order valence-corrected chi connectivity index (χ3v) is 5.01. The Morgan fingerprint density at radius 2 is 2.03 bits per heavy atom. The van der Waals surface area contributed by atoms with Crippen LogP contribution < -0.4 is 5.32 Å². The van der Waals surface area contributed by atoms with Crippen LogP contribution in [0.3, 0.4) is 0 Å². The van der Waals surface area contributed by atoms with Gasteiger partial charge in [-0.15, -0.1) is 5.11 Å². The molecule has 1 aromatic carbocycles. The third-order valence-electron chi connectivity index (χ3n) is 5.01. The molecule has 34 heavy (non-hydrogen) atoms. The monoisotopic (exact) mass is 464 g/mol. The van der Waals surface area contributed by atoms with E-state index in [-0.39, 0.29) is 11.5 Å². The van der Waals surface area contributed by atoms with Crippen LogP contribution in [0.2, 0.25) is 0 Å². The molecule has 0 fully saturated rings. The third kappa shape index (κ3) is 4.22. The fourth-order valence-corrected chi connectivity index (χ4v) is 3.40. The van der Waals surface area contributed by atoms with Crippen molar-refractivity contribution in [1.82, 2.24) is 20.1 Å². The lowest BCUT2D eigenvalue weighted by Crippen LogP contribution is -2.21. The van der Waals surface area contributed by atoms with Crippen LogP contribution in [0.25, 0.3) is 22.2 Å². The molecule has 1 aliphatic heterocycles. The number of fused-ring (bicyclic) bond motifs is 1. The first-order valence-corrected chi connectivity index (χ1v) is 10.0. The second kappa shape index (κ2) is 8.43. The molecule has 1 amide bonds. The molecule has 1 atom stereocenters. The maximum atomic E-state index is 13.7. The minimum Gasteiger partial charge on any atom is -0.464 e. The zero-order valence-corrected chi connectivity index (χ0v) is 17.3. The summed E-state index contributed by atoms with van der Waals surface area (Å²) in [6.45, 7) is 0. The van der Waals surface area contributed by atoms with Gasteiger partial charge in [-0.2, -0.15) is 23.4 Å². The van der Waals surface area contributed by atoms with E-state index in [9.17, 15) is 18.0 Å². The van der Waals surface area contributed by atoms with Gasteiger partial charge in [-0.1, -0.05) is 6.08 Å². The molecule has 0 radical (unpaired) electrons. The summed E-state index contributed by atoms with van der Waals surface area (Å²) < 4.78 is 47.1. The number of rotatable bonds is 4. The van der Waals surface area contributed by atoms with E-state index in [1.165, 1.54) is 36.9 Å². The van der Waals surface area contributed by atoms with Gasteiger partial charge in [-0.25, -0.2) is 4.68 Å². The number of furan rings is 1. The normalized spacial score (nSPS) is 15.9. The summed E-state index contributed by atoms with van der Waals surface area (Å²) >= 11 is 0. The number of benzene rings is 1. The van der Waals surface area contributed by atoms with Gasteiger partial charge >= 0.3 is 6.18 Å². The maximum Gasteiger partial charge on any atom is 0.433 e. The lowest BCUT2D eigenvalue weighted by Gasteiger charge is -2.13. The first-order chi connectivity index (χ1) is 16.4. The first-order valence-electron chi connectivity index (χ1n) is 10.0. The number of aromatic nitrogens is 3. The highest BCUT2D eigenvalue weighted by molar-refractivity contribution is 5.98. The Morgan fingerprint density at radius 3 is 2.82 bits per heavy atom. The number of nitrogens with one attached hydrogen (secondary N) is 1. The minimum absolute atomic E-state index is 0.0734. The van der Waals surface area contributed by atoms with Crippen molar-refractivity contribution < 1.29 is 22.4 Å². The molecule has 1 aliphatic rings. The number of carbonyl (C=O) groups is 1. The standard InChI is InChI=1S/C23H15F3N6O2/c24-23(25,26)19-12-17(16-3-2-9-27-13-16)31-32(19)21-5-1-4-20(29-30-21)28-22(33)15-6-7-18-14(11-15)8-10-34-18/h1-13,21H,(H,28,33). The second-order valence-corrected chi connectivity index (χ2v) is 7.29. The quantitative estimate of drug-likeness (QED) is 0.431. The molecule has 11 heteroatoms. The molecular weight excluding hydrogens is 449 g/mol. The molecule has 1 N–H and O–H groups in total. The Morgan fingerprint density at radius 1 is 1.15 bits per heavy atom. The fourth-order valence-electron chi connectivity index (χ4n) is 3.40. The molecule has 170 valence electrons. The minimum atomic E-state index is -4.67. The van der Waals surface area contributed by atoms with Gasteiger partial charge < -0.3 is 9.73 Å². The predicted molar refractivity (Wildman–Crippen MR) is 115 cm³/mol. The van der Waals surface area contributed by atoms with Crippen LogP contribution in [0.5, 0.6) is 0 Å². The molecule has 0 aliphatic carbocycles. The summed E-state index contributed by atoms with van der Waals surface area (Å²) in [5.41, 5.74) is 0.551. The van der Waals surface area contributed by atoms with Crippen molar-refractivity contribution >= 4 is 16.9 Å². The van der Waals surface area contributed by atoms with Crippen LogP contribution in [0.1, 0.15) is 22.2 Å². The average molecular weight is 464 g/mol. The number of nitrogens with zero attached hydrogens (tertiary/aromatic N) is 5. The Balaban J connectivity index is 1.39. The molecule has 4 heterocycles. The van der Waals surface area contributed by atoms with Crippen LogP contribution in [-0.4, -0.2) is 20.7 Å². The van der Waals surface area contributed by atoms with Crippen LogP contribution in [0, 0.1) is 0 Å². The van der Waals surface area contributed by atoms with Crippen LogP contribution >= 0.6 is 0 Å². The number of amides is 1. The van der Waals surface area contributed by atoms with Crippen molar-refractivity contribution in [3.63, 3.8) is 0 Å². The highest BCUT2D eigenvalue weighted by Gasteiger charge is 2.37. The van der Waals surface area contributed by atoms with E-state index in [4.69, 9.17) is 4.42 Å². The first kappa shape index (κ1) is 21.3. The van der Waals surface area contributed by atoms with Crippen molar-refractivity contribution in [2.45, 2.75) is 12.3 Å². The number of allylic oxidation sites excluding steroid dienone is 2. The molecule has 0 bridgehead atoms. The summed E-state index contributed by atoms with van der Waals surface area (Å²) in [6, 6.07) is 10.8. The molecule has 5 rings (SSSR count). The molecular formula is C23H15F3N6O2. The Bertz CT molecular complexity index is 1450. The van der Waals surface area contributed by atoms with Gasteiger partial charge in [0.1, 0.15) is 11.3 Å². The van der Waals surface area contributed by atoms with Crippen molar-refractivity contribution in [2.75, 3.05) is 0 Å². The smallest absolute Gasteiger partial charge is 0.433 e. The number of carbonyl (C=O) groups excluding carboxylic acids is 1. The van der Waals surface area contributed by atoms with E-state index in [1.807, 2.05) is 0 Å². The average Bonchev–Trinajstić information content (AvgIpc) is 3.42. The summed E-state index contributed by atoms with van der Waals surface area (Å²) in [6.07, 6.45) is 2.92. The SMILES string of the molecule is O=C(NC1=CC=CC(n2nc(-c3cccnc3)cc2C(F)(F)F)N=N1)c1ccc2occc2c1. The molecule has 4 aromatic rings. The Hall–Kier alpha value is -4.54. The van der Waals surface area contributed by atoms with E-state index >= 15 is 0 Å². The number of hydrogen-bond donors (Lipinski definition) is 1. The largest absolute Gasteiger partial charge is 0.464 e. The van der Waals surface area contributed by atoms with Gasteiger partial charge in [-0.05, 0) is 54.6 Å². The van der Waals surface area contributed by atoms with Crippen molar-refractivity contribution in [3.05, 3.63) is 96.4 Å². The number of halogens is 3. The van der Waals surface area contributed by atoms with Gasteiger partial charge in [0.15, 0.2) is 12.0 Å². The molecule has 0 spiro atoms.